The Hall–Kier alpha value is -2.21. The van der Waals surface area contributed by atoms with Gasteiger partial charge < -0.3 is 4.74 Å². The Morgan fingerprint density at radius 1 is 0.966 bits per heavy atom. The zero-order valence-corrected chi connectivity index (χ0v) is 18.4. The molecular weight excluding hydrogens is 429 g/mol. The summed E-state index contributed by atoms with van der Waals surface area (Å²) in [5, 5.41) is 0.908. The van der Waals surface area contributed by atoms with Crippen LogP contribution in [-0.4, -0.2) is 15.0 Å². The number of benzene rings is 3. The van der Waals surface area contributed by atoms with Gasteiger partial charge in [-0.1, -0.05) is 53.5 Å². The smallest absolute Gasteiger partial charge is 0.264 e. The van der Waals surface area contributed by atoms with Crippen molar-refractivity contribution < 1.29 is 13.2 Å². The van der Waals surface area contributed by atoms with Crippen LogP contribution >= 0.6 is 23.2 Å². The van der Waals surface area contributed by atoms with E-state index in [1.165, 1.54) is 4.31 Å². The van der Waals surface area contributed by atoms with Gasteiger partial charge in [-0.15, -0.1) is 0 Å². The number of nitrogens with zero attached hydrogens (tertiary/aromatic N) is 1. The van der Waals surface area contributed by atoms with Crippen molar-refractivity contribution in [3.8, 4) is 5.75 Å². The van der Waals surface area contributed by atoms with Gasteiger partial charge in [-0.25, -0.2) is 8.42 Å². The van der Waals surface area contributed by atoms with Crippen LogP contribution in [0.5, 0.6) is 5.75 Å². The third kappa shape index (κ3) is 4.86. The first-order chi connectivity index (χ1) is 13.8. The van der Waals surface area contributed by atoms with Crippen LogP contribution in [0.25, 0.3) is 0 Å². The monoisotopic (exact) mass is 449 g/mol. The molecule has 0 heterocycles. The van der Waals surface area contributed by atoms with Crippen molar-refractivity contribution in [1.82, 2.24) is 0 Å². The Kier molecular flexibility index (Phi) is 6.73. The van der Waals surface area contributed by atoms with Gasteiger partial charge in [0.15, 0.2) is 0 Å². The molecule has 0 fully saturated rings. The first kappa shape index (κ1) is 21.5. The minimum Gasteiger partial charge on any atom is -0.489 e. The highest BCUT2D eigenvalue weighted by atomic mass is 35.5. The topological polar surface area (TPSA) is 46.6 Å². The van der Waals surface area contributed by atoms with Crippen molar-refractivity contribution in [3.63, 3.8) is 0 Å². The first-order valence-corrected chi connectivity index (χ1v) is 11.3. The van der Waals surface area contributed by atoms with E-state index in [0.717, 1.165) is 11.1 Å². The molecule has 3 aromatic carbocycles. The molecule has 0 radical (unpaired) electrons. The molecule has 0 amide bonds. The second-order valence-electron chi connectivity index (χ2n) is 6.49. The summed E-state index contributed by atoms with van der Waals surface area (Å²) in [6.45, 7) is 4.18. The summed E-state index contributed by atoms with van der Waals surface area (Å²) in [6.07, 6.45) is 0. The quantitative estimate of drug-likeness (QED) is 0.437. The minimum absolute atomic E-state index is 0.222. The zero-order chi connectivity index (χ0) is 21.0. The number of hydrogen-bond acceptors (Lipinski definition) is 3. The molecule has 0 aliphatic rings. The SMILES string of the molecule is CCN(c1cccc(OCc2cccc(Cl)c2Cl)c1)S(=O)(=O)c1cccc(C)c1. The van der Waals surface area contributed by atoms with E-state index >= 15 is 0 Å². The standard InChI is InChI=1S/C22H21Cl2NO3S/c1-3-25(29(26,27)20-11-4-7-16(2)13-20)18-9-6-10-19(14-18)28-15-17-8-5-12-21(23)22(17)24/h4-14H,3,15H2,1-2H3. The van der Waals surface area contributed by atoms with Crippen molar-refractivity contribution in [2.45, 2.75) is 25.3 Å². The van der Waals surface area contributed by atoms with Crippen LogP contribution in [0.2, 0.25) is 10.0 Å². The molecule has 7 heteroatoms. The predicted octanol–water partition coefficient (Wildman–Crippen LogP) is 6.10. The maximum Gasteiger partial charge on any atom is 0.264 e. The van der Waals surface area contributed by atoms with Gasteiger partial charge in [0, 0.05) is 18.2 Å². The van der Waals surface area contributed by atoms with Crippen LogP contribution in [0.15, 0.2) is 71.6 Å². The molecule has 3 aromatic rings. The fourth-order valence-corrected chi connectivity index (χ4v) is 4.89. The van der Waals surface area contributed by atoms with E-state index in [-0.39, 0.29) is 11.5 Å². The third-order valence-electron chi connectivity index (χ3n) is 4.40. The van der Waals surface area contributed by atoms with E-state index in [0.29, 0.717) is 28.0 Å². The molecule has 0 atom stereocenters. The number of aryl methyl sites for hydroxylation is 1. The summed E-state index contributed by atoms with van der Waals surface area (Å²) >= 11 is 12.2. The van der Waals surface area contributed by atoms with Crippen molar-refractivity contribution in [1.29, 1.82) is 0 Å². The Balaban J connectivity index is 1.86. The number of ether oxygens (including phenoxy) is 1. The minimum atomic E-state index is -3.68. The van der Waals surface area contributed by atoms with Crippen molar-refractivity contribution in [2.75, 3.05) is 10.8 Å². The molecule has 152 valence electrons. The van der Waals surface area contributed by atoms with E-state index in [1.807, 2.05) is 19.1 Å². The van der Waals surface area contributed by atoms with Gasteiger partial charge in [-0.3, -0.25) is 4.31 Å². The number of halogens is 2. The van der Waals surface area contributed by atoms with Gasteiger partial charge in [0.2, 0.25) is 0 Å². The first-order valence-electron chi connectivity index (χ1n) is 9.08. The molecular formula is C22H21Cl2NO3S. The Morgan fingerprint density at radius 2 is 1.69 bits per heavy atom. The van der Waals surface area contributed by atoms with Crippen molar-refractivity contribution in [3.05, 3.63) is 87.9 Å². The second kappa shape index (κ2) is 9.08. The maximum absolute atomic E-state index is 13.1. The summed E-state index contributed by atoms with van der Waals surface area (Å²) in [5.41, 5.74) is 2.17. The fraction of sp³-hybridized carbons (Fsp3) is 0.182. The largest absolute Gasteiger partial charge is 0.489 e. The third-order valence-corrected chi connectivity index (χ3v) is 7.15. The normalized spacial score (nSPS) is 11.3. The lowest BCUT2D eigenvalue weighted by atomic mass is 10.2. The van der Waals surface area contributed by atoms with Crippen molar-refractivity contribution >= 4 is 38.9 Å². The molecule has 3 rings (SSSR count). The summed E-state index contributed by atoms with van der Waals surface area (Å²) < 4.78 is 33.5. The number of rotatable bonds is 7. The lowest BCUT2D eigenvalue weighted by Gasteiger charge is -2.23. The lowest BCUT2D eigenvalue weighted by Crippen LogP contribution is -2.30. The van der Waals surface area contributed by atoms with Crippen LogP contribution in [0, 0.1) is 6.92 Å². The number of sulfonamides is 1. The van der Waals surface area contributed by atoms with Gasteiger partial charge in [-0.05, 0) is 49.7 Å². The van der Waals surface area contributed by atoms with Crippen LogP contribution < -0.4 is 9.04 Å². The van der Waals surface area contributed by atoms with E-state index < -0.39 is 10.0 Å². The van der Waals surface area contributed by atoms with Gasteiger partial charge in [0.05, 0.1) is 20.6 Å². The van der Waals surface area contributed by atoms with E-state index in [1.54, 1.807) is 61.5 Å². The highest BCUT2D eigenvalue weighted by Crippen LogP contribution is 2.29. The molecule has 0 unspecified atom stereocenters. The Bertz CT molecular complexity index is 1120. The Morgan fingerprint density at radius 3 is 2.41 bits per heavy atom. The average molecular weight is 450 g/mol. The molecule has 0 spiro atoms. The second-order valence-corrected chi connectivity index (χ2v) is 9.13. The van der Waals surface area contributed by atoms with E-state index in [4.69, 9.17) is 27.9 Å². The summed E-state index contributed by atoms with van der Waals surface area (Å²) in [7, 11) is -3.68. The summed E-state index contributed by atoms with van der Waals surface area (Å²) in [6, 6.07) is 19.2. The van der Waals surface area contributed by atoms with Gasteiger partial charge in [-0.2, -0.15) is 0 Å². The highest BCUT2D eigenvalue weighted by Gasteiger charge is 2.24. The van der Waals surface area contributed by atoms with Gasteiger partial charge >= 0.3 is 0 Å². The predicted molar refractivity (Wildman–Crippen MR) is 119 cm³/mol. The van der Waals surface area contributed by atoms with Crippen LogP contribution in [0.4, 0.5) is 5.69 Å². The summed E-state index contributed by atoms with van der Waals surface area (Å²) in [4.78, 5) is 0.261. The van der Waals surface area contributed by atoms with E-state index in [9.17, 15) is 8.42 Å². The molecule has 0 aromatic heterocycles. The molecule has 4 nitrogen and oxygen atoms in total. The molecule has 0 N–H and O–H groups in total. The van der Waals surface area contributed by atoms with Gasteiger partial charge in [0.1, 0.15) is 12.4 Å². The zero-order valence-electron chi connectivity index (χ0n) is 16.1. The van der Waals surface area contributed by atoms with E-state index in [2.05, 4.69) is 0 Å². The molecule has 0 saturated carbocycles. The maximum atomic E-state index is 13.1. The molecule has 0 aliphatic carbocycles. The fourth-order valence-electron chi connectivity index (χ4n) is 2.94. The molecule has 0 bridgehead atoms. The molecule has 29 heavy (non-hydrogen) atoms. The average Bonchev–Trinajstić information content (AvgIpc) is 2.70. The van der Waals surface area contributed by atoms with Gasteiger partial charge in [0.25, 0.3) is 10.0 Å². The van der Waals surface area contributed by atoms with Crippen molar-refractivity contribution in [2.24, 2.45) is 0 Å². The summed E-state index contributed by atoms with van der Waals surface area (Å²) in [5.74, 6) is 0.538. The molecule has 0 aliphatic heterocycles. The Labute approximate surface area is 181 Å². The number of hydrogen-bond donors (Lipinski definition) is 0. The number of anilines is 1. The van der Waals surface area contributed by atoms with Crippen LogP contribution in [0.1, 0.15) is 18.1 Å². The van der Waals surface area contributed by atoms with Crippen LogP contribution in [0.3, 0.4) is 0 Å². The van der Waals surface area contributed by atoms with Crippen LogP contribution in [-0.2, 0) is 16.6 Å². The highest BCUT2D eigenvalue weighted by molar-refractivity contribution is 7.92. The molecule has 0 saturated heterocycles. The lowest BCUT2D eigenvalue weighted by molar-refractivity contribution is 0.306.